The minimum atomic E-state index is -1.18. The third kappa shape index (κ3) is 3.41. The summed E-state index contributed by atoms with van der Waals surface area (Å²) in [6.45, 7) is 0. The van der Waals surface area contributed by atoms with Crippen LogP contribution in [0.2, 0.25) is 5.02 Å². The van der Waals surface area contributed by atoms with Crippen LogP contribution >= 0.6 is 11.6 Å². The van der Waals surface area contributed by atoms with Gasteiger partial charge in [0.2, 0.25) is 5.88 Å². The molecule has 7 heteroatoms. The molecular weight excluding hydrogens is 296 g/mol. The van der Waals surface area contributed by atoms with Gasteiger partial charge in [0.15, 0.2) is 0 Å². The molecule has 0 radical (unpaired) electrons. The molecule has 1 N–H and O–H groups in total. The summed E-state index contributed by atoms with van der Waals surface area (Å²) in [6, 6.07) is 7.76. The molecule has 0 saturated heterocycles. The number of aromatic carboxylic acids is 1. The highest BCUT2D eigenvalue weighted by atomic mass is 35.5. The number of aromatic nitrogens is 1. The van der Waals surface area contributed by atoms with Gasteiger partial charge in [0.25, 0.3) is 0 Å². The van der Waals surface area contributed by atoms with Gasteiger partial charge >= 0.3 is 5.97 Å². The van der Waals surface area contributed by atoms with E-state index in [9.17, 15) is 4.79 Å². The molecule has 6 nitrogen and oxygen atoms in total. The lowest BCUT2D eigenvalue weighted by atomic mass is 10.2. The summed E-state index contributed by atoms with van der Waals surface area (Å²) < 4.78 is 10.5. The Hall–Kier alpha value is -2.78. The molecule has 0 unspecified atom stereocenters. The second-order valence-corrected chi connectivity index (χ2v) is 4.33. The lowest BCUT2D eigenvalue weighted by Crippen LogP contribution is -1.99. The van der Waals surface area contributed by atoms with Gasteiger partial charge in [0, 0.05) is 12.1 Å². The first kappa shape index (κ1) is 14.6. The topological polar surface area (TPSA) is 92.4 Å². The summed E-state index contributed by atoms with van der Waals surface area (Å²) in [5.41, 5.74) is 0.224. The van der Waals surface area contributed by atoms with Crippen molar-refractivity contribution in [2.45, 2.75) is 0 Å². The predicted octanol–water partition coefficient (Wildman–Crippen LogP) is 3.11. The van der Waals surface area contributed by atoms with Gasteiger partial charge in [-0.25, -0.2) is 9.78 Å². The number of carboxylic acids is 1. The van der Waals surface area contributed by atoms with Gasteiger partial charge < -0.3 is 14.6 Å². The molecule has 2 aromatic rings. The Bertz CT molecular complexity index is 740. The zero-order valence-electron chi connectivity index (χ0n) is 10.8. The summed E-state index contributed by atoms with van der Waals surface area (Å²) in [5.74, 6) is -0.391. The van der Waals surface area contributed by atoms with E-state index in [0.29, 0.717) is 17.1 Å². The highest BCUT2D eigenvalue weighted by Crippen LogP contribution is 2.28. The van der Waals surface area contributed by atoms with Gasteiger partial charge in [0.05, 0.1) is 35.5 Å². The molecule has 0 amide bonds. The Balaban J connectivity index is 2.36. The number of rotatable bonds is 4. The number of carbonyl (C=O) groups is 1. The standard InChI is InChI=1S/C14H9ClN2O4/c1-20-9-2-8(6-16)3-10(4-9)21-13-5-11(14(18)19)12(15)7-17-13/h2-5,7H,1H3,(H,18,19). The van der Waals surface area contributed by atoms with Crippen LogP contribution in [-0.4, -0.2) is 23.2 Å². The van der Waals surface area contributed by atoms with Crippen molar-refractivity contribution in [3.05, 3.63) is 46.6 Å². The fraction of sp³-hybridized carbons (Fsp3) is 0.0714. The van der Waals surface area contributed by atoms with Gasteiger partial charge in [0.1, 0.15) is 11.5 Å². The van der Waals surface area contributed by atoms with Crippen molar-refractivity contribution < 1.29 is 19.4 Å². The number of hydrogen-bond acceptors (Lipinski definition) is 5. The first-order valence-corrected chi connectivity index (χ1v) is 6.07. The Kier molecular flexibility index (Phi) is 4.26. The number of hydrogen-bond donors (Lipinski definition) is 1. The molecule has 0 bridgehead atoms. The van der Waals surface area contributed by atoms with Crippen LogP contribution in [0.15, 0.2) is 30.5 Å². The number of benzene rings is 1. The molecule has 1 aromatic heterocycles. The molecule has 0 spiro atoms. The summed E-state index contributed by atoms with van der Waals surface area (Å²) in [5, 5.41) is 17.9. The SMILES string of the molecule is COc1cc(C#N)cc(Oc2cc(C(=O)O)c(Cl)cn2)c1. The quantitative estimate of drug-likeness (QED) is 0.933. The maximum atomic E-state index is 11.0. The van der Waals surface area contributed by atoms with Gasteiger partial charge in [-0.05, 0) is 12.1 Å². The van der Waals surface area contributed by atoms with Gasteiger partial charge in [-0.3, -0.25) is 0 Å². The maximum absolute atomic E-state index is 11.0. The molecule has 1 heterocycles. The molecule has 1 aromatic carbocycles. The summed E-state index contributed by atoms with van der Waals surface area (Å²) in [4.78, 5) is 14.9. The van der Waals surface area contributed by atoms with E-state index in [4.69, 9.17) is 31.4 Å². The smallest absolute Gasteiger partial charge is 0.337 e. The number of ether oxygens (including phenoxy) is 2. The zero-order chi connectivity index (χ0) is 15.4. The Morgan fingerprint density at radius 1 is 1.33 bits per heavy atom. The van der Waals surface area contributed by atoms with Crippen molar-refractivity contribution in [3.63, 3.8) is 0 Å². The highest BCUT2D eigenvalue weighted by Gasteiger charge is 2.12. The summed E-state index contributed by atoms with van der Waals surface area (Å²) in [7, 11) is 1.46. The molecular formula is C14H9ClN2O4. The van der Waals surface area contributed by atoms with Crippen LogP contribution in [0.5, 0.6) is 17.4 Å². The monoisotopic (exact) mass is 304 g/mol. The number of methoxy groups -OCH3 is 1. The molecule has 0 aliphatic carbocycles. The average Bonchev–Trinajstić information content (AvgIpc) is 2.48. The number of nitrogens with zero attached hydrogens (tertiary/aromatic N) is 2. The third-order valence-corrected chi connectivity index (χ3v) is 2.83. The first-order valence-electron chi connectivity index (χ1n) is 5.69. The fourth-order valence-electron chi connectivity index (χ4n) is 1.57. The zero-order valence-corrected chi connectivity index (χ0v) is 11.6. The molecule has 0 aliphatic heterocycles. The molecule has 0 atom stereocenters. The lowest BCUT2D eigenvalue weighted by Gasteiger charge is -2.08. The van der Waals surface area contributed by atoms with Crippen molar-refractivity contribution in [3.8, 4) is 23.4 Å². The Labute approximate surface area is 125 Å². The molecule has 0 fully saturated rings. The van der Waals surface area contributed by atoms with E-state index >= 15 is 0 Å². The number of nitriles is 1. The van der Waals surface area contributed by atoms with Crippen LogP contribution in [0, 0.1) is 11.3 Å². The minimum Gasteiger partial charge on any atom is -0.497 e. The van der Waals surface area contributed by atoms with Crippen LogP contribution in [0.3, 0.4) is 0 Å². The number of carboxylic acid groups (broad SMARTS) is 1. The van der Waals surface area contributed by atoms with Crippen LogP contribution < -0.4 is 9.47 Å². The van der Waals surface area contributed by atoms with Crippen molar-refractivity contribution in [1.82, 2.24) is 4.98 Å². The molecule has 2 rings (SSSR count). The summed E-state index contributed by atoms with van der Waals surface area (Å²) in [6.07, 6.45) is 1.19. The third-order valence-electron chi connectivity index (χ3n) is 2.53. The lowest BCUT2D eigenvalue weighted by molar-refractivity contribution is 0.0696. The molecule has 0 saturated carbocycles. The summed E-state index contributed by atoms with van der Waals surface area (Å²) >= 11 is 5.73. The number of halogens is 1. The van der Waals surface area contributed by atoms with Gasteiger partial charge in [-0.2, -0.15) is 5.26 Å². The molecule has 106 valence electrons. The Morgan fingerprint density at radius 2 is 2.05 bits per heavy atom. The maximum Gasteiger partial charge on any atom is 0.337 e. The minimum absolute atomic E-state index is 0.0122. The predicted molar refractivity (Wildman–Crippen MR) is 74.0 cm³/mol. The van der Waals surface area contributed by atoms with Gasteiger partial charge in [-0.1, -0.05) is 11.6 Å². The van der Waals surface area contributed by atoms with E-state index in [-0.39, 0.29) is 16.5 Å². The second kappa shape index (κ2) is 6.11. The first-order chi connectivity index (χ1) is 10.0. The van der Waals surface area contributed by atoms with Crippen molar-refractivity contribution in [2.75, 3.05) is 7.11 Å². The van der Waals surface area contributed by atoms with Crippen molar-refractivity contribution in [1.29, 1.82) is 5.26 Å². The second-order valence-electron chi connectivity index (χ2n) is 3.92. The van der Waals surface area contributed by atoms with Crippen LogP contribution in [0.25, 0.3) is 0 Å². The van der Waals surface area contributed by atoms with Crippen LogP contribution in [0.1, 0.15) is 15.9 Å². The molecule has 21 heavy (non-hydrogen) atoms. The van der Waals surface area contributed by atoms with E-state index in [1.54, 1.807) is 12.1 Å². The van der Waals surface area contributed by atoms with E-state index in [2.05, 4.69) is 4.98 Å². The van der Waals surface area contributed by atoms with Crippen molar-refractivity contribution >= 4 is 17.6 Å². The Morgan fingerprint density at radius 3 is 2.67 bits per heavy atom. The van der Waals surface area contributed by atoms with Crippen LogP contribution in [0.4, 0.5) is 0 Å². The normalized spacial score (nSPS) is 9.76. The fourth-order valence-corrected chi connectivity index (χ4v) is 1.76. The van der Waals surface area contributed by atoms with Gasteiger partial charge in [-0.15, -0.1) is 0 Å². The largest absolute Gasteiger partial charge is 0.497 e. The van der Waals surface area contributed by atoms with E-state index in [1.165, 1.54) is 25.4 Å². The van der Waals surface area contributed by atoms with E-state index < -0.39 is 5.97 Å². The average molecular weight is 305 g/mol. The van der Waals surface area contributed by atoms with Crippen molar-refractivity contribution in [2.24, 2.45) is 0 Å². The van der Waals surface area contributed by atoms with E-state index in [0.717, 1.165) is 0 Å². The van der Waals surface area contributed by atoms with E-state index in [1.807, 2.05) is 6.07 Å². The van der Waals surface area contributed by atoms with Crippen LogP contribution in [-0.2, 0) is 0 Å². The molecule has 0 aliphatic rings. The highest BCUT2D eigenvalue weighted by molar-refractivity contribution is 6.33. The number of pyridine rings is 1.